The first-order chi connectivity index (χ1) is 12.0. The summed E-state index contributed by atoms with van der Waals surface area (Å²) in [6, 6.07) is 10.4. The topological polar surface area (TPSA) is 91.7 Å². The van der Waals surface area contributed by atoms with Crippen LogP contribution >= 0.6 is 11.6 Å². The van der Waals surface area contributed by atoms with E-state index in [-0.39, 0.29) is 30.2 Å². The maximum atomic E-state index is 13.6. The number of rotatable bonds is 7. The number of nitrogens with one attached hydrogen (secondary N) is 1. The molecule has 0 aliphatic carbocycles. The van der Waals surface area contributed by atoms with Crippen molar-refractivity contribution >= 4 is 17.7 Å². The summed E-state index contributed by atoms with van der Waals surface area (Å²) >= 11 is 5.70. The lowest BCUT2D eigenvalue weighted by molar-refractivity contribution is 0.0112. The van der Waals surface area contributed by atoms with Crippen molar-refractivity contribution in [1.82, 2.24) is 10.3 Å². The third-order valence-corrected chi connectivity index (χ3v) is 3.64. The molecule has 0 radical (unpaired) electrons. The quantitative estimate of drug-likeness (QED) is 0.653. The average molecular weight is 369 g/mol. The van der Waals surface area contributed by atoms with E-state index >= 15 is 0 Å². The first-order valence-corrected chi connectivity index (χ1v) is 7.97. The second-order valence-electron chi connectivity index (χ2n) is 5.32. The second kappa shape index (κ2) is 9.31. The fourth-order valence-corrected chi connectivity index (χ4v) is 2.27. The normalized spacial score (nSPS) is 13.1. The Bertz CT molecular complexity index is 702. The number of benzene rings is 1. The van der Waals surface area contributed by atoms with E-state index in [2.05, 4.69) is 10.3 Å². The lowest BCUT2D eigenvalue weighted by Gasteiger charge is -2.18. The van der Waals surface area contributed by atoms with Crippen LogP contribution in [0.1, 0.15) is 23.7 Å². The number of carbonyl (C=O) groups excluding carboxylic acids is 1. The van der Waals surface area contributed by atoms with Crippen LogP contribution in [0, 0.1) is 5.95 Å². The summed E-state index contributed by atoms with van der Waals surface area (Å²) in [5, 5.41) is 22.5. The molecule has 3 N–H and O–H groups in total. The van der Waals surface area contributed by atoms with Crippen molar-refractivity contribution < 1.29 is 24.1 Å². The van der Waals surface area contributed by atoms with Gasteiger partial charge in [0.2, 0.25) is 5.95 Å². The summed E-state index contributed by atoms with van der Waals surface area (Å²) in [6.45, 7) is 0.165. The predicted molar refractivity (Wildman–Crippen MR) is 89.4 cm³/mol. The Balaban J connectivity index is 1.75. The summed E-state index contributed by atoms with van der Waals surface area (Å²) in [5.41, 5.74) is 0.642. The van der Waals surface area contributed by atoms with Crippen LogP contribution in [0.5, 0.6) is 0 Å². The SMILES string of the molecule is O=C(NCCC(O)C(O)c1cc(Cl)cnc1F)OCc1ccccc1. The van der Waals surface area contributed by atoms with Gasteiger partial charge in [0.15, 0.2) is 0 Å². The molecule has 0 bridgehead atoms. The molecule has 25 heavy (non-hydrogen) atoms. The van der Waals surface area contributed by atoms with Crippen molar-refractivity contribution in [3.05, 3.63) is 64.7 Å². The largest absolute Gasteiger partial charge is 0.445 e. The summed E-state index contributed by atoms with van der Waals surface area (Å²) in [4.78, 5) is 15.0. The molecule has 2 rings (SSSR count). The molecule has 2 unspecified atom stereocenters. The Morgan fingerprint density at radius 1 is 1.32 bits per heavy atom. The van der Waals surface area contributed by atoms with E-state index in [9.17, 15) is 19.4 Å². The van der Waals surface area contributed by atoms with Gasteiger partial charge in [-0.05, 0) is 18.1 Å². The van der Waals surface area contributed by atoms with E-state index in [1.54, 1.807) is 0 Å². The zero-order valence-corrected chi connectivity index (χ0v) is 14.0. The van der Waals surface area contributed by atoms with Crippen LogP contribution in [0.25, 0.3) is 0 Å². The molecule has 1 amide bonds. The highest BCUT2D eigenvalue weighted by Gasteiger charge is 2.22. The van der Waals surface area contributed by atoms with E-state index < -0.39 is 24.2 Å². The van der Waals surface area contributed by atoms with E-state index in [4.69, 9.17) is 16.3 Å². The third kappa shape index (κ3) is 5.97. The fraction of sp³-hybridized carbons (Fsp3) is 0.294. The molecule has 0 aliphatic heterocycles. The molecule has 1 aromatic heterocycles. The number of hydrogen-bond donors (Lipinski definition) is 3. The van der Waals surface area contributed by atoms with Crippen LogP contribution in [-0.2, 0) is 11.3 Å². The number of amides is 1. The highest BCUT2D eigenvalue weighted by molar-refractivity contribution is 6.30. The van der Waals surface area contributed by atoms with Gasteiger partial charge in [-0.2, -0.15) is 4.39 Å². The maximum Gasteiger partial charge on any atom is 0.407 e. The number of aromatic nitrogens is 1. The number of pyridine rings is 1. The van der Waals surface area contributed by atoms with Gasteiger partial charge in [0.05, 0.1) is 11.1 Å². The van der Waals surface area contributed by atoms with Crippen molar-refractivity contribution in [2.75, 3.05) is 6.54 Å². The molecule has 2 atom stereocenters. The molecule has 0 spiro atoms. The number of aliphatic hydroxyl groups excluding tert-OH is 2. The van der Waals surface area contributed by atoms with Crippen LogP contribution < -0.4 is 5.32 Å². The molecule has 0 fully saturated rings. The number of ether oxygens (including phenoxy) is 1. The smallest absolute Gasteiger partial charge is 0.407 e. The third-order valence-electron chi connectivity index (χ3n) is 3.44. The Hall–Kier alpha value is -2.22. The van der Waals surface area contributed by atoms with Crippen molar-refractivity contribution in [1.29, 1.82) is 0 Å². The molecule has 0 aliphatic rings. The lowest BCUT2D eigenvalue weighted by atomic mass is 10.0. The number of hydrogen-bond acceptors (Lipinski definition) is 5. The maximum absolute atomic E-state index is 13.6. The summed E-state index contributed by atoms with van der Waals surface area (Å²) in [5.74, 6) is -0.911. The van der Waals surface area contributed by atoms with E-state index in [0.29, 0.717) is 0 Å². The highest BCUT2D eigenvalue weighted by Crippen LogP contribution is 2.23. The summed E-state index contributed by atoms with van der Waals surface area (Å²) in [6.07, 6.45) is -2.36. The Morgan fingerprint density at radius 2 is 2.04 bits per heavy atom. The van der Waals surface area contributed by atoms with Gasteiger partial charge in [-0.1, -0.05) is 41.9 Å². The van der Waals surface area contributed by atoms with E-state index in [1.165, 1.54) is 6.07 Å². The molecule has 8 heteroatoms. The van der Waals surface area contributed by atoms with Gasteiger partial charge in [0, 0.05) is 18.3 Å². The minimum Gasteiger partial charge on any atom is -0.445 e. The predicted octanol–water partition coefficient (Wildman–Crippen LogP) is 2.58. The van der Waals surface area contributed by atoms with Gasteiger partial charge < -0.3 is 20.3 Å². The van der Waals surface area contributed by atoms with Crippen LogP contribution in [-0.4, -0.2) is 33.9 Å². The van der Waals surface area contributed by atoms with Crippen LogP contribution in [0.15, 0.2) is 42.6 Å². The highest BCUT2D eigenvalue weighted by atomic mass is 35.5. The zero-order chi connectivity index (χ0) is 18.2. The van der Waals surface area contributed by atoms with E-state index in [0.717, 1.165) is 11.8 Å². The molecule has 6 nitrogen and oxygen atoms in total. The Morgan fingerprint density at radius 3 is 2.76 bits per heavy atom. The lowest BCUT2D eigenvalue weighted by Crippen LogP contribution is -2.30. The molecule has 134 valence electrons. The Kier molecular flexibility index (Phi) is 7.12. The van der Waals surface area contributed by atoms with Crippen molar-refractivity contribution in [2.45, 2.75) is 25.2 Å². The standard InChI is InChI=1S/C17H18ClFN2O4/c18-12-8-13(16(19)21-9-12)15(23)14(22)6-7-20-17(24)25-10-11-4-2-1-3-5-11/h1-5,8-9,14-15,22-23H,6-7,10H2,(H,20,24). The monoisotopic (exact) mass is 368 g/mol. The first-order valence-electron chi connectivity index (χ1n) is 7.59. The molecule has 2 aromatic rings. The molecule has 1 aromatic carbocycles. The number of nitrogens with zero attached hydrogens (tertiary/aromatic N) is 1. The number of alkyl carbamates (subject to hydrolysis) is 1. The molecule has 0 saturated heterocycles. The van der Waals surface area contributed by atoms with Crippen LogP contribution in [0.4, 0.5) is 9.18 Å². The van der Waals surface area contributed by atoms with Crippen molar-refractivity contribution in [2.24, 2.45) is 0 Å². The molecular formula is C17H18ClFN2O4. The van der Waals surface area contributed by atoms with Gasteiger partial charge in [-0.3, -0.25) is 0 Å². The molecule has 0 saturated carbocycles. The van der Waals surface area contributed by atoms with Gasteiger partial charge in [0.25, 0.3) is 0 Å². The van der Waals surface area contributed by atoms with Crippen molar-refractivity contribution in [3.8, 4) is 0 Å². The second-order valence-corrected chi connectivity index (χ2v) is 5.76. The number of halogens is 2. The van der Waals surface area contributed by atoms with Gasteiger partial charge >= 0.3 is 6.09 Å². The Labute approximate surface area is 149 Å². The fourth-order valence-electron chi connectivity index (χ4n) is 2.11. The van der Waals surface area contributed by atoms with Crippen LogP contribution in [0.3, 0.4) is 0 Å². The summed E-state index contributed by atoms with van der Waals surface area (Å²) < 4.78 is 18.6. The van der Waals surface area contributed by atoms with Crippen LogP contribution in [0.2, 0.25) is 5.02 Å². The molecular weight excluding hydrogens is 351 g/mol. The van der Waals surface area contributed by atoms with Gasteiger partial charge in [-0.15, -0.1) is 0 Å². The minimum atomic E-state index is -1.51. The number of aliphatic hydroxyl groups is 2. The summed E-state index contributed by atoms with van der Waals surface area (Å²) in [7, 11) is 0. The van der Waals surface area contributed by atoms with Gasteiger partial charge in [0.1, 0.15) is 12.7 Å². The zero-order valence-electron chi connectivity index (χ0n) is 13.2. The first kappa shape index (κ1) is 19.1. The minimum absolute atomic E-state index is 0.00639. The van der Waals surface area contributed by atoms with Gasteiger partial charge in [-0.25, -0.2) is 9.78 Å². The number of carbonyl (C=O) groups is 1. The molecule has 1 heterocycles. The van der Waals surface area contributed by atoms with Crippen molar-refractivity contribution in [3.63, 3.8) is 0 Å². The van der Waals surface area contributed by atoms with E-state index in [1.807, 2.05) is 30.3 Å². The average Bonchev–Trinajstić information content (AvgIpc) is 2.62.